The van der Waals surface area contributed by atoms with Crippen LogP contribution in [0.15, 0.2) is 30.3 Å². The van der Waals surface area contributed by atoms with E-state index < -0.39 is 5.97 Å². The van der Waals surface area contributed by atoms with E-state index >= 15 is 0 Å². The van der Waals surface area contributed by atoms with Crippen LogP contribution < -0.4 is 4.90 Å². The third kappa shape index (κ3) is 4.28. The first kappa shape index (κ1) is 15.0. The number of carboxylic acid groups (broad SMARTS) is 1. The second kappa shape index (κ2) is 6.78. The minimum atomic E-state index is -0.916. The maximum absolute atomic E-state index is 12.4. The Bertz CT molecular complexity index is 432. The van der Waals surface area contributed by atoms with E-state index in [2.05, 4.69) is 0 Å². The topological polar surface area (TPSA) is 60.9 Å². The quantitative estimate of drug-likeness (QED) is 0.888. The van der Waals surface area contributed by atoms with Crippen molar-refractivity contribution in [2.75, 3.05) is 18.5 Å². The molecule has 1 N–H and O–H groups in total. The number of carboxylic acids is 1. The van der Waals surface area contributed by atoms with Crippen molar-refractivity contribution in [3.05, 3.63) is 30.3 Å². The van der Waals surface area contributed by atoms with Gasteiger partial charge < -0.3 is 10.0 Å². The number of rotatable bonds is 5. The number of aliphatic carboxylic acids is 1. The summed E-state index contributed by atoms with van der Waals surface area (Å²) in [5.41, 5.74) is 0.709. The van der Waals surface area contributed by atoms with Gasteiger partial charge in [-0.2, -0.15) is 0 Å². The average molecular weight is 264 g/mol. The highest BCUT2D eigenvalue weighted by Crippen LogP contribution is 2.16. The minimum absolute atomic E-state index is 0.0588. The highest BCUT2D eigenvalue weighted by molar-refractivity contribution is 5.92. The van der Waals surface area contributed by atoms with Gasteiger partial charge >= 0.3 is 12.0 Å². The molecule has 0 aliphatic heterocycles. The molecule has 0 radical (unpaired) electrons. The van der Waals surface area contributed by atoms with Gasteiger partial charge in [0.1, 0.15) is 0 Å². The highest BCUT2D eigenvalue weighted by Gasteiger charge is 2.21. The second-order valence-electron chi connectivity index (χ2n) is 4.62. The number of carbonyl (C=O) groups excluding carboxylic acids is 1. The van der Waals surface area contributed by atoms with Gasteiger partial charge in [-0.05, 0) is 26.0 Å². The van der Waals surface area contributed by atoms with Crippen molar-refractivity contribution in [3.8, 4) is 0 Å². The minimum Gasteiger partial charge on any atom is -0.481 e. The van der Waals surface area contributed by atoms with Crippen molar-refractivity contribution in [2.45, 2.75) is 26.3 Å². The molecule has 0 bridgehead atoms. The zero-order valence-electron chi connectivity index (χ0n) is 11.5. The molecule has 1 rings (SSSR count). The van der Waals surface area contributed by atoms with Crippen LogP contribution in [0.5, 0.6) is 0 Å². The molecular weight excluding hydrogens is 244 g/mol. The first-order valence-electron chi connectivity index (χ1n) is 6.24. The Labute approximate surface area is 113 Å². The Balaban J connectivity index is 2.92. The fraction of sp³-hybridized carbons (Fsp3) is 0.429. The van der Waals surface area contributed by atoms with E-state index in [9.17, 15) is 9.59 Å². The SMILES string of the molecule is CC(C)N(C)C(=O)N(CCC(=O)O)c1ccccc1. The summed E-state index contributed by atoms with van der Waals surface area (Å²) in [6.07, 6.45) is -0.0768. The third-order valence-corrected chi connectivity index (χ3v) is 2.92. The van der Waals surface area contributed by atoms with Crippen molar-refractivity contribution < 1.29 is 14.7 Å². The van der Waals surface area contributed by atoms with Crippen molar-refractivity contribution in [1.82, 2.24) is 4.90 Å². The zero-order valence-corrected chi connectivity index (χ0v) is 11.5. The first-order valence-corrected chi connectivity index (χ1v) is 6.24. The van der Waals surface area contributed by atoms with Crippen LogP contribution in [0.4, 0.5) is 10.5 Å². The van der Waals surface area contributed by atoms with E-state index in [0.717, 1.165) is 0 Å². The summed E-state index contributed by atoms with van der Waals surface area (Å²) in [7, 11) is 1.71. The second-order valence-corrected chi connectivity index (χ2v) is 4.62. The summed E-state index contributed by atoms with van der Waals surface area (Å²) >= 11 is 0. The van der Waals surface area contributed by atoms with Gasteiger partial charge in [0, 0.05) is 25.3 Å². The molecule has 0 aliphatic carbocycles. The number of anilines is 1. The van der Waals surface area contributed by atoms with Gasteiger partial charge in [0.2, 0.25) is 0 Å². The predicted molar refractivity (Wildman–Crippen MR) is 74.3 cm³/mol. The van der Waals surface area contributed by atoms with Gasteiger partial charge in [0.15, 0.2) is 0 Å². The number of carbonyl (C=O) groups is 2. The van der Waals surface area contributed by atoms with Gasteiger partial charge in [-0.25, -0.2) is 4.79 Å². The van der Waals surface area contributed by atoms with Crippen LogP contribution in [0.1, 0.15) is 20.3 Å². The molecule has 0 aromatic heterocycles. The van der Waals surface area contributed by atoms with Gasteiger partial charge in [0.05, 0.1) is 6.42 Å². The smallest absolute Gasteiger partial charge is 0.324 e. The Kier molecular flexibility index (Phi) is 5.36. The van der Waals surface area contributed by atoms with Crippen LogP contribution >= 0.6 is 0 Å². The van der Waals surface area contributed by atoms with Crippen LogP contribution in [-0.2, 0) is 4.79 Å². The Hall–Kier alpha value is -2.04. The van der Waals surface area contributed by atoms with Crippen LogP contribution in [0.3, 0.4) is 0 Å². The standard InChI is InChI=1S/C14H20N2O3/c1-11(2)15(3)14(19)16(10-9-13(17)18)12-7-5-4-6-8-12/h4-8,11H,9-10H2,1-3H3,(H,17,18). The molecule has 0 atom stereocenters. The molecule has 1 aromatic carbocycles. The molecular formula is C14H20N2O3. The summed E-state index contributed by atoms with van der Waals surface area (Å²) in [5, 5.41) is 8.79. The number of hydrogen-bond acceptors (Lipinski definition) is 2. The number of nitrogens with zero attached hydrogens (tertiary/aromatic N) is 2. The molecule has 0 saturated heterocycles. The highest BCUT2D eigenvalue weighted by atomic mass is 16.4. The lowest BCUT2D eigenvalue weighted by Crippen LogP contribution is -2.45. The number of benzene rings is 1. The Morgan fingerprint density at radius 2 is 1.79 bits per heavy atom. The maximum Gasteiger partial charge on any atom is 0.324 e. The molecule has 0 fully saturated rings. The Morgan fingerprint density at radius 3 is 2.26 bits per heavy atom. The van der Waals surface area contributed by atoms with E-state index in [1.807, 2.05) is 32.0 Å². The molecule has 5 nitrogen and oxygen atoms in total. The number of urea groups is 1. The normalized spacial score (nSPS) is 10.3. The van der Waals surface area contributed by atoms with Gasteiger partial charge in [0.25, 0.3) is 0 Å². The molecule has 5 heteroatoms. The van der Waals surface area contributed by atoms with Crippen LogP contribution in [0.2, 0.25) is 0 Å². The zero-order chi connectivity index (χ0) is 14.4. The van der Waals surface area contributed by atoms with Crippen LogP contribution in [0, 0.1) is 0 Å². The average Bonchev–Trinajstić information content (AvgIpc) is 2.38. The number of hydrogen-bond donors (Lipinski definition) is 1. The Morgan fingerprint density at radius 1 is 1.21 bits per heavy atom. The van der Waals surface area contributed by atoms with Crippen molar-refractivity contribution >= 4 is 17.7 Å². The third-order valence-electron chi connectivity index (χ3n) is 2.92. The lowest BCUT2D eigenvalue weighted by Gasteiger charge is -2.30. The molecule has 0 unspecified atom stereocenters. The molecule has 0 aliphatic rings. The van der Waals surface area contributed by atoms with E-state index in [1.54, 1.807) is 24.1 Å². The molecule has 0 saturated carbocycles. The summed E-state index contributed by atoms with van der Waals surface area (Å²) in [6, 6.07) is 8.97. The first-order chi connectivity index (χ1) is 8.93. The number of para-hydroxylation sites is 1. The van der Waals surface area contributed by atoms with Gasteiger partial charge in [-0.1, -0.05) is 18.2 Å². The van der Waals surface area contributed by atoms with Gasteiger partial charge in [-0.15, -0.1) is 0 Å². The molecule has 0 heterocycles. The van der Waals surface area contributed by atoms with E-state index in [0.29, 0.717) is 5.69 Å². The largest absolute Gasteiger partial charge is 0.481 e. The summed E-state index contributed by atoms with van der Waals surface area (Å²) in [5.74, 6) is -0.916. The number of amides is 2. The lowest BCUT2D eigenvalue weighted by molar-refractivity contribution is -0.136. The lowest BCUT2D eigenvalue weighted by atomic mass is 10.2. The summed E-state index contributed by atoms with van der Waals surface area (Å²) in [6.45, 7) is 3.99. The van der Waals surface area contributed by atoms with E-state index in [-0.39, 0.29) is 25.0 Å². The van der Waals surface area contributed by atoms with E-state index in [4.69, 9.17) is 5.11 Å². The fourth-order valence-electron chi connectivity index (χ4n) is 1.56. The summed E-state index contributed by atoms with van der Waals surface area (Å²) < 4.78 is 0. The summed E-state index contributed by atoms with van der Waals surface area (Å²) in [4.78, 5) is 26.2. The van der Waals surface area contributed by atoms with Crippen molar-refractivity contribution in [3.63, 3.8) is 0 Å². The maximum atomic E-state index is 12.4. The monoisotopic (exact) mass is 264 g/mol. The predicted octanol–water partition coefficient (Wildman–Crippen LogP) is 2.43. The molecule has 19 heavy (non-hydrogen) atoms. The fourth-order valence-corrected chi connectivity index (χ4v) is 1.56. The molecule has 2 amide bonds. The van der Waals surface area contributed by atoms with Crippen molar-refractivity contribution in [2.24, 2.45) is 0 Å². The van der Waals surface area contributed by atoms with Crippen LogP contribution in [-0.4, -0.2) is 41.6 Å². The molecule has 1 aromatic rings. The van der Waals surface area contributed by atoms with Gasteiger partial charge in [-0.3, -0.25) is 9.69 Å². The molecule has 104 valence electrons. The molecule has 0 spiro atoms. The van der Waals surface area contributed by atoms with Crippen molar-refractivity contribution in [1.29, 1.82) is 0 Å². The van der Waals surface area contributed by atoms with E-state index in [1.165, 1.54) is 4.90 Å². The van der Waals surface area contributed by atoms with Crippen LogP contribution in [0.25, 0.3) is 0 Å².